The molecular weight excluding hydrogens is 360 g/mol. The number of fused-ring (bicyclic) bond motifs is 1. The van der Waals surface area contributed by atoms with Gasteiger partial charge >= 0.3 is 6.03 Å². The van der Waals surface area contributed by atoms with Crippen molar-refractivity contribution in [3.8, 4) is 0 Å². The van der Waals surface area contributed by atoms with Crippen molar-refractivity contribution in [2.45, 2.75) is 4.90 Å². The van der Waals surface area contributed by atoms with Crippen LogP contribution in [0.1, 0.15) is 0 Å². The zero-order valence-electron chi connectivity index (χ0n) is 10.5. The van der Waals surface area contributed by atoms with Crippen LogP contribution in [-0.4, -0.2) is 31.2 Å². The second-order valence-corrected chi connectivity index (χ2v) is 7.18. The van der Waals surface area contributed by atoms with Gasteiger partial charge in [0.1, 0.15) is 11.4 Å². The molecule has 0 radical (unpaired) electrons. The number of hydrogen-bond acceptors (Lipinski definition) is 4. The summed E-state index contributed by atoms with van der Waals surface area (Å²) < 4.78 is 25.9. The second-order valence-electron chi connectivity index (χ2n) is 4.49. The van der Waals surface area contributed by atoms with Gasteiger partial charge in [-0.15, -0.1) is 0 Å². The fourth-order valence-corrected chi connectivity index (χ4v) is 4.47. The lowest BCUT2D eigenvalue weighted by atomic mass is 10.1. The van der Waals surface area contributed by atoms with Crippen LogP contribution in [0.15, 0.2) is 45.8 Å². The molecule has 0 atom stereocenters. The topological polar surface area (TPSA) is 83.6 Å². The number of benzene rings is 2. The van der Waals surface area contributed by atoms with Crippen LogP contribution < -0.4 is 5.32 Å². The molecule has 0 saturated carbocycles. The molecule has 0 unspecified atom stereocenters. The average Bonchev–Trinajstić information content (AvgIpc) is 2.77. The summed E-state index contributed by atoms with van der Waals surface area (Å²) in [5, 5.41) is 3.55. The van der Waals surface area contributed by atoms with Gasteiger partial charge in [0.05, 0.1) is 0 Å². The number of carbonyl (C=O) groups is 2. The lowest BCUT2D eigenvalue weighted by Crippen LogP contribution is -2.34. The summed E-state index contributed by atoms with van der Waals surface area (Å²) >= 11 is 3.21. The van der Waals surface area contributed by atoms with E-state index in [1.165, 1.54) is 6.07 Å². The van der Waals surface area contributed by atoms with Gasteiger partial charge in [0.2, 0.25) is 5.91 Å². The molecule has 1 fully saturated rings. The van der Waals surface area contributed by atoms with Crippen molar-refractivity contribution in [1.82, 2.24) is 9.62 Å². The van der Waals surface area contributed by atoms with Crippen molar-refractivity contribution in [3.05, 3.63) is 40.9 Å². The molecule has 21 heavy (non-hydrogen) atoms. The zero-order valence-corrected chi connectivity index (χ0v) is 12.9. The Kier molecular flexibility index (Phi) is 3.22. The molecule has 6 nitrogen and oxygen atoms in total. The van der Waals surface area contributed by atoms with Gasteiger partial charge in [0.15, 0.2) is 0 Å². The minimum absolute atomic E-state index is 0.0500. The molecule has 0 spiro atoms. The van der Waals surface area contributed by atoms with Crippen LogP contribution in [0, 0.1) is 0 Å². The number of amides is 3. The van der Waals surface area contributed by atoms with Crippen molar-refractivity contribution in [3.63, 3.8) is 0 Å². The molecule has 1 aliphatic heterocycles. The van der Waals surface area contributed by atoms with Gasteiger partial charge in [0.25, 0.3) is 10.0 Å². The summed E-state index contributed by atoms with van der Waals surface area (Å²) in [5.41, 5.74) is 0. The van der Waals surface area contributed by atoms with E-state index in [2.05, 4.69) is 15.9 Å². The Morgan fingerprint density at radius 2 is 1.71 bits per heavy atom. The number of nitrogens with zero attached hydrogens (tertiary/aromatic N) is 1. The maximum Gasteiger partial charge on any atom is 0.338 e. The average molecular weight is 369 g/mol. The third-order valence-corrected chi connectivity index (χ3v) is 5.82. The number of urea groups is 1. The third kappa shape index (κ3) is 2.30. The molecule has 108 valence electrons. The van der Waals surface area contributed by atoms with E-state index in [9.17, 15) is 18.0 Å². The van der Waals surface area contributed by atoms with Gasteiger partial charge in [-0.05, 0) is 38.8 Å². The SMILES string of the molecule is O=C1CN(S(=O)(=O)c2cc3ccccc3cc2Br)C(=O)N1. The molecule has 2 aromatic carbocycles. The Morgan fingerprint density at radius 1 is 1.10 bits per heavy atom. The normalized spacial score (nSPS) is 15.6. The van der Waals surface area contributed by atoms with Crippen molar-refractivity contribution in [2.75, 3.05) is 6.54 Å². The molecule has 3 rings (SSSR count). The molecule has 1 N–H and O–H groups in total. The molecule has 1 saturated heterocycles. The highest BCUT2D eigenvalue weighted by atomic mass is 79.9. The van der Waals surface area contributed by atoms with Crippen LogP contribution in [0.5, 0.6) is 0 Å². The molecule has 1 aliphatic rings. The minimum atomic E-state index is -4.09. The first-order valence-corrected chi connectivity index (χ1v) is 8.18. The van der Waals surface area contributed by atoms with E-state index in [0.29, 0.717) is 8.78 Å². The molecule has 0 aliphatic carbocycles. The Balaban J connectivity index is 2.17. The van der Waals surface area contributed by atoms with Crippen LogP contribution in [0.25, 0.3) is 10.8 Å². The highest BCUT2D eigenvalue weighted by molar-refractivity contribution is 9.10. The van der Waals surface area contributed by atoms with E-state index < -0.39 is 28.5 Å². The van der Waals surface area contributed by atoms with Crippen LogP contribution in [0.3, 0.4) is 0 Å². The zero-order chi connectivity index (χ0) is 15.2. The van der Waals surface area contributed by atoms with E-state index in [0.717, 1.165) is 10.8 Å². The lowest BCUT2D eigenvalue weighted by Gasteiger charge is -2.15. The standard InChI is InChI=1S/C13H9BrN2O4S/c14-10-5-8-3-1-2-4-9(8)6-11(10)21(19,20)16-7-12(17)15-13(16)18/h1-6H,7H2,(H,15,17,18). The number of halogens is 1. The highest BCUT2D eigenvalue weighted by Crippen LogP contribution is 2.30. The highest BCUT2D eigenvalue weighted by Gasteiger charge is 2.38. The van der Waals surface area contributed by atoms with Gasteiger partial charge in [-0.1, -0.05) is 24.3 Å². The number of carbonyl (C=O) groups excluding carboxylic acids is 2. The first-order valence-electron chi connectivity index (χ1n) is 5.94. The molecule has 3 amide bonds. The maximum atomic E-state index is 12.5. The number of nitrogens with one attached hydrogen (secondary N) is 1. The minimum Gasteiger partial charge on any atom is -0.275 e. The van der Waals surface area contributed by atoms with Gasteiger partial charge in [0, 0.05) is 4.47 Å². The first-order chi connectivity index (χ1) is 9.89. The number of imide groups is 1. The van der Waals surface area contributed by atoms with E-state index in [1.54, 1.807) is 18.2 Å². The van der Waals surface area contributed by atoms with E-state index in [1.807, 2.05) is 17.4 Å². The van der Waals surface area contributed by atoms with Gasteiger partial charge in [-0.3, -0.25) is 10.1 Å². The molecule has 8 heteroatoms. The van der Waals surface area contributed by atoms with Crippen LogP contribution in [-0.2, 0) is 14.8 Å². The predicted octanol–water partition coefficient (Wildman–Crippen LogP) is 1.84. The maximum absolute atomic E-state index is 12.5. The summed E-state index contributed by atoms with van der Waals surface area (Å²) in [6.07, 6.45) is 0. The van der Waals surface area contributed by atoms with Crippen molar-refractivity contribution in [2.24, 2.45) is 0 Å². The molecule has 0 bridgehead atoms. The predicted molar refractivity (Wildman–Crippen MR) is 79.1 cm³/mol. The fraction of sp³-hybridized carbons (Fsp3) is 0.0769. The van der Waals surface area contributed by atoms with Gasteiger partial charge in [-0.2, -0.15) is 0 Å². The summed E-state index contributed by atoms with van der Waals surface area (Å²) in [4.78, 5) is 22.7. The Bertz CT molecular complexity index is 879. The van der Waals surface area contributed by atoms with Crippen LogP contribution in [0.2, 0.25) is 0 Å². The van der Waals surface area contributed by atoms with Crippen LogP contribution >= 0.6 is 15.9 Å². The second kappa shape index (κ2) is 4.81. The van der Waals surface area contributed by atoms with E-state index in [4.69, 9.17) is 0 Å². The monoisotopic (exact) mass is 368 g/mol. The number of sulfonamides is 1. The van der Waals surface area contributed by atoms with Crippen molar-refractivity contribution >= 4 is 48.7 Å². The quantitative estimate of drug-likeness (QED) is 0.819. The molecule has 0 aromatic heterocycles. The Morgan fingerprint density at radius 3 is 2.29 bits per heavy atom. The molecule has 2 aromatic rings. The summed E-state index contributed by atoms with van der Waals surface area (Å²) in [6, 6.07) is 9.47. The largest absolute Gasteiger partial charge is 0.338 e. The molecule has 1 heterocycles. The Labute approximate surface area is 128 Å². The smallest absolute Gasteiger partial charge is 0.275 e. The number of rotatable bonds is 2. The summed E-state index contributed by atoms with van der Waals surface area (Å²) in [5.74, 6) is -0.638. The fourth-order valence-electron chi connectivity index (χ4n) is 2.13. The summed E-state index contributed by atoms with van der Waals surface area (Å²) in [6.45, 7) is -0.500. The third-order valence-electron chi connectivity index (χ3n) is 3.13. The van der Waals surface area contributed by atoms with E-state index >= 15 is 0 Å². The van der Waals surface area contributed by atoms with Crippen molar-refractivity contribution in [1.29, 1.82) is 0 Å². The Hall–Kier alpha value is -1.93. The number of hydrogen-bond donors (Lipinski definition) is 1. The van der Waals surface area contributed by atoms with Crippen molar-refractivity contribution < 1.29 is 18.0 Å². The van der Waals surface area contributed by atoms with Gasteiger partial charge in [-0.25, -0.2) is 17.5 Å². The first kappa shape index (κ1) is 14.0. The summed E-state index contributed by atoms with van der Waals surface area (Å²) in [7, 11) is -4.09. The van der Waals surface area contributed by atoms with Crippen LogP contribution in [0.4, 0.5) is 4.79 Å². The lowest BCUT2D eigenvalue weighted by molar-refractivity contribution is -0.118. The van der Waals surface area contributed by atoms with E-state index in [-0.39, 0.29) is 4.90 Å². The molecular formula is C13H9BrN2O4S. The van der Waals surface area contributed by atoms with Gasteiger partial charge < -0.3 is 0 Å².